The average molecular weight is 556 g/mol. The van der Waals surface area contributed by atoms with E-state index in [1.54, 1.807) is 11.8 Å². The number of halogens is 3. The summed E-state index contributed by atoms with van der Waals surface area (Å²) < 4.78 is 45.7. The van der Waals surface area contributed by atoms with Gasteiger partial charge in [0, 0.05) is 37.4 Å². The Morgan fingerprint density at radius 3 is 2.52 bits per heavy atom. The maximum Gasteiger partial charge on any atom is 0.416 e. The zero-order chi connectivity index (χ0) is 29.4. The third-order valence-electron chi connectivity index (χ3n) is 7.03. The fourth-order valence-electron chi connectivity index (χ4n) is 5.07. The van der Waals surface area contributed by atoms with Crippen molar-refractivity contribution < 1.29 is 32.3 Å². The zero-order valence-electron chi connectivity index (χ0n) is 22.2. The molecule has 2 aliphatic heterocycles. The Labute approximate surface area is 229 Å². The minimum Gasteiger partial charge on any atom is -0.463 e. The number of urea groups is 1. The molecule has 210 valence electrons. The number of benzene rings is 2. The molecule has 2 atom stereocenters. The molecule has 2 N–H and O–H groups in total. The standard InChI is InChI=1S/C28H28F3N5O4/c1-4-40-26(38)23-16(2)36(20-7-5-6-18(13-20)28(29,30)31)27(39)34(3)24(23)21-9-8-17(14-32)12-22(21)25(37)35-11-10-19(33)15-35/h5-9,12-13,19,24H,4,10-11,15,33H2,1-3H3/t19-,24?/m0/s1. The van der Waals surface area contributed by atoms with Gasteiger partial charge in [0.15, 0.2) is 0 Å². The van der Waals surface area contributed by atoms with Gasteiger partial charge in [0.2, 0.25) is 0 Å². The third-order valence-corrected chi connectivity index (χ3v) is 7.03. The number of hydrogen-bond donors (Lipinski definition) is 1. The molecule has 0 aromatic heterocycles. The molecule has 9 nitrogen and oxygen atoms in total. The van der Waals surface area contributed by atoms with Gasteiger partial charge in [-0.2, -0.15) is 18.4 Å². The van der Waals surface area contributed by atoms with Gasteiger partial charge in [0.25, 0.3) is 5.91 Å². The lowest BCUT2D eigenvalue weighted by atomic mass is 9.88. The molecule has 2 aliphatic rings. The van der Waals surface area contributed by atoms with Crippen LogP contribution < -0.4 is 10.6 Å². The van der Waals surface area contributed by atoms with Crippen LogP contribution in [0, 0.1) is 11.3 Å². The van der Waals surface area contributed by atoms with Crippen LogP contribution in [0.4, 0.5) is 23.7 Å². The van der Waals surface area contributed by atoms with Gasteiger partial charge in [-0.25, -0.2) is 9.59 Å². The second-order valence-corrected chi connectivity index (χ2v) is 9.61. The van der Waals surface area contributed by atoms with Crippen molar-refractivity contribution in [1.29, 1.82) is 5.26 Å². The molecule has 2 aromatic rings. The van der Waals surface area contributed by atoms with Crippen LogP contribution in [0.2, 0.25) is 0 Å². The lowest BCUT2D eigenvalue weighted by molar-refractivity contribution is -0.139. The van der Waals surface area contributed by atoms with Crippen molar-refractivity contribution in [3.05, 3.63) is 76.0 Å². The summed E-state index contributed by atoms with van der Waals surface area (Å²) in [5.41, 5.74) is 5.55. The maximum absolute atomic E-state index is 13.7. The van der Waals surface area contributed by atoms with Gasteiger partial charge >= 0.3 is 18.2 Å². The molecule has 4 rings (SSSR count). The number of nitrogens with zero attached hydrogens (tertiary/aromatic N) is 4. The molecule has 3 amide bonds. The number of nitriles is 1. The highest BCUT2D eigenvalue weighted by Gasteiger charge is 2.43. The van der Waals surface area contributed by atoms with Crippen molar-refractivity contribution in [2.75, 3.05) is 31.6 Å². The first-order valence-corrected chi connectivity index (χ1v) is 12.6. The molecule has 1 saturated heterocycles. The first kappa shape index (κ1) is 28.6. The Bertz CT molecular complexity index is 1430. The first-order chi connectivity index (χ1) is 18.9. The number of likely N-dealkylation sites (tertiary alicyclic amines) is 1. The number of rotatable bonds is 5. The number of anilines is 1. The summed E-state index contributed by atoms with van der Waals surface area (Å²) >= 11 is 0. The fourth-order valence-corrected chi connectivity index (χ4v) is 5.07. The van der Waals surface area contributed by atoms with E-state index < -0.39 is 35.7 Å². The van der Waals surface area contributed by atoms with Gasteiger partial charge in [0.1, 0.15) is 0 Å². The van der Waals surface area contributed by atoms with Gasteiger partial charge < -0.3 is 20.3 Å². The van der Waals surface area contributed by atoms with E-state index in [9.17, 15) is 32.8 Å². The molecule has 0 aliphatic carbocycles. The van der Waals surface area contributed by atoms with Crippen molar-refractivity contribution in [2.24, 2.45) is 5.73 Å². The molecule has 12 heteroatoms. The van der Waals surface area contributed by atoms with E-state index >= 15 is 0 Å². The van der Waals surface area contributed by atoms with Crippen LogP contribution in [0.3, 0.4) is 0 Å². The van der Waals surface area contributed by atoms with E-state index in [-0.39, 0.29) is 46.3 Å². The normalized spacial score (nSPS) is 19.6. The Morgan fingerprint density at radius 2 is 1.93 bits per heavy atom. The number of amides is 3. The topological polar surface area (TPSA) is 120 Å². The highest BCUT2D eigenvalue weighted by molar-refractivity contribution is 6.04. The van der Waals surface area contributed by atoms with E-state index in [1.807, 2.05) is 6.07 Å². The lowest BCUT2D eigenvalue weighted by Gasteiger charge is -2.41. The van der Waals surface area contributed by atoms with Crippen LogP contribution in [0.5, 0.6) is 0 Å². The Kier molecular flexibility index (Phi) is 7.88. The van der Waals surface area contributed by atoms with Crippen LogP contribution in [0.25, 0.3) is 0 Å². The maximum atomic E-state index is 13.7. The number of hydrogen-bond acceptors (Lipinski definition) is 6. The molecular weight excluding hydrogens is 527 g/mol. The largest absolute Gasteiger partial charge is 0.463 e. The zero-order valence-corrected chi connectivity index (χ0v) is 22.2. The Balaban J connectivity index is 1.92. The summed E-state index contributed by atoms with van der Waals surface area (Å²) in [6.07, 6.45) is -4.05. The Morgan fingerprint density at radius 1 is 1.20 bits per heavy atom. The molecule has 0 saturated carbocycles. The summed E-state index contributed by atoms with van der Waals surface area (Å²) in [6.45, 7) is 3.73. The molecule has 1 fully saturated rings. The predicted octanol–water partition coefficient (Wildman–Crippen LogP) is 4.20. The number of nitrogens with two attached hydrogens (primary N) is 1. The van der Waals surface area contributed by atoms with Crippen LogP contribution in [0.1, 0.15) is 53.4 Å². The first-order valence-electron chi connectivity index (χ1n) is 12.6. The molecule has 2 heterocycles. The smallest absolute Gasteiger partial charge is 0.416 e. The number of alkyl halides is 3. The highest BCUT2D eigenvalue weighted by Crippen LogP contribution is 2.41. The number of carbonyl (C=O) groups excluding carboxylic acids is 3. The summed E-state index contributed by atoms with van der Waals surface area (Å²) in [6, 6.07) is 8.54. The average Bonchev–Trinajstić information content (AvgIpc) is 3.36. The number of likely N-dealkylation sites (N-methyl/N-ethyl adjacent to an activating group) is 1. The summed E-state index contributed by atoms with van der Waals surface area (Å²) in [5.74, 6) is -1.21. The van der Waals surface area contributed by atoms with Crippen LogP contribution in [0.15, 0.2) is 53.7 Å². The number of ether oxygens (including phenoxy) is 1. The van der Waals surface area contributed by atoms with Crippen LogP contribution in [-0.4, -0.2) is 60.5 Å². The van der Waals surface area contributed by atoms with Crippen molar-refractivity contribution in [2.45, 2.75) is 38.5 Å². The number of carbonyl (C=O) groups is 3. The molecule has 40 heavy (non-hydrogen) atoms. The van der Waals surface area contributed by atoms with Gasteiger partial charge in [-0.3, -0.25) is 9.69 Å². The van der Waals surface area contributed by atoms with Gasteiger partial charge in [0.05, 0.1) is 41.1 Å². The monoisotopic (exact) mass is 555 g/mol. The Hall–Kier alpha value is -4.37. The molecule has 2 aromatic carbocycles. The molecule has 0 spiro atoms. The molecule has 0 radical (unpaired) electrons. The summed E-state index contributed by atoms with van der Waals surface area (Å²) in [4.78, 5) is 44.5. The summed E-state index contributed by atoms with van der Waals surface area (Å²) in [7, 11) is 1.39. The van der Waals surface area contributed by atoms with Crippen molar-refractivity contribution in [1.82, 2.24) is 9.80 Å². The van der Waals surface area contributed by atoms with Gasteiger partial charge in [-0.15, -0.1) is 0 Å². The second kappa shape index (κ2) is 11.0. The van der Waals surface area contributed by atoms with E-state index in [0.717, 1.165) is 17.0 Å². The molecular formula is C28H28F3N5O4. The van der Waals surface area contributed by atoms with Crippen molar-refractivity contribution in [3.8, 4) is 6.07 Å². The number of allylic oxidation sites excluding steroid dienone is 1. The van der Waals surface area contributed by atoms with Crippen LogP contribution >= 0.6 is 0 Å². The minimum atomic E-state index is -4.65. The van der Waals surface area contributed by atoms with E-state index in [4.69, 9.17) is 10.5 Å². The number of esters is 1. The van der Waals surface area contributed by atoms with E-state index in [2.05, 4.69) is 0 Å². The van der Waals surface area contributed by atoms with Gasteiger partial charge in [-0.1, -0.05) is 12.1 Å². The molecule has 1 unspecified atom stereocenters. The minimum absolute atomic E-state index is 0.00558. The van der Waals surface area contributed by atoms with Crippen LogP contribution in [-0.2, 0) is 15.7 Å². The fraction of sp³-hybridized carbons (Fsp3) is 0.357. The SMILES string of the molecule is CCOC(=O)C1=C(C)N(c2cccc(C(F)(F)F)c2)C(=O)N(C)C1c1ccc(C#N)cc1C(=O)N1CC[C@H](N)C1. The van der Waals surface area contributed by atoms with Crippen molar-refractivity contribution >= 4 is 23.6 Å². The van der Waals surface area contributed by atoms with E-state index in [0.29, 0.717) is 19.5 Å². The predicted molar refractivity (Wildman–Crippen MR) is 139 cm³/mol. The van der Waals surface area contributed by atoms with E-state index in [1.165, 1.54) is 49.2 Å². The highest BCUT2D eigenvalue weighted by atomic mass is 19.4. The third kappa shape index (κ3) is 5.24. The second-order valence-electron chi connectivity index (χ2n) is 9.61. The quantitative estimate of drug-likeness (QED) is 0.553. The van der Waals surface area contributed by atoms with Crippen molar-refractivity contribution in [3.63, 3.8) is 0 Å². The summed E-state index contributed by atoms with van der Waals surface area (Å²) in [5, 5.41) is 9.51. The molecule has 0 bridgehead atoms. The lowest BCUT2D eigenvalue weighted by Crippen LogP contribution is -2.49. The van der Waals surface area contributed by atoms with Gasteiger partial charge in [-0.05, 0) is 56.2 Å².